The van der Waals surface area contributed by atoms with Crippen LogP contribution in [0, 0.1) is 5.92 Å². The molecule has 1 aliphatic heterocycles. The van der Waals surface area contributed by atoms with E-state index >= 15 is 0 Å². The number of rotatable bonds is 4. The van der Waals surface area contributed by atoms with Crippen LogP contribution in [-0.4, -0.2) is 49.6 Å². The summed E-state index contributed by atoms with van der Waals surface area (Å²) in [5.74, 6) is 0.678. The van der Waals surface area contributed by atoms with Crippen LogP contribution in [0.25, 0.3) is 0 Å². The Morgan fingerprint density at radius 3 is 2.75 bits per heavy atom. The fourth-order valence-corrected chi connectivity index (χ4v) is 1.87. The maximum atomic E-state index is 11.9. The number of nitrogens with one attached hydrogen (secondary N) is 2. The van der Waals surface area contributed by atoms with E-state index in [1.54, 1.807) is 0 Å². The smallest absolute Gasteiger partial charge is 0.237 e. The van der Waals surface area contributed by atoms with Crippen LogP contribution in [0.2, 0.25) is 0 Å². The van der Waals surface area contributed by atoms with E-state index < -0.39 is 0 Å². The van der Waals surface area contributed by atoms with Gasteiger partial charge in [0.05, 0.1) is 6.04 Å². The van der Waals surface area contributed by atoms with Gasteiger partial charge in [0.15, 0.2) is 0 Å². The number of amides is 1. The molecule has 1 fully saturated rings. The molecule has 0 aromatic heterocycles. The average molecular weight is 227 g/mol. The van der Waals surface area contributed by atoms with Gasteiger partial charge in [0.25, 0.3) is 0 Å². The Bertz CT molecular complexity index is 210. The van der Waals surface area contributed by atoms with Crippen molar-refractivity contribution in [2.75, 3.05) is 32.7 Å². The van der Waals surface area contributed by atoms with Gasteiger partial charge in [0.1, 0.15) is 0 Å². The minimum atomic E-state index is -0.00125. The molecule has 1 atom stereocenters. The van der Waals surface area contributed by atoms with E-state index in [1.165, 1.54) is 0 Å². The first-order chi connectivity index (χ1) is 7.61. The average Bonchev–Trinajstić information content (AvgIpc) is 2.53. The first-order valence-corrected chi connectivity index (χ1v) is 6.33. The summed E-state index contributed by atoms with van der Waals surface area (Å²) in [4.78, 5) is 14.1. The molecule has 16 heavy (non-hydrogen) atoms. The van der Waals surface area contributed by atoms with E-state index in [1.807, 2.05) is 6.92 Å². The molecule has 1 unspecified atom stereocenters. The summed E-state index contributed by atoms with van der Waals surface area (Å²) in [5.41, 5.74) is 0. The second-order valence-electron chi connectivity index (χ2n) is 4.95. The Hall–Kier alpha value is -0.610. The summed E-state index contributed by atoms with van der Waals surface area (Å²) in [5, 5.41) is 6.35. The molecule has 1 aliphatic rings. The zero-order chi connectivity index (χ0) is 12.0. The second-order valence-corrected chi connectivity index (χ2v) is 4.95. The van der Waals surface area contributed by atoms with Crippen molar-refractivity contribution < 1.29 is 4.79 Å². The summed E-state index contributed by atoms with van der Waals surface area (Å²) >= 11 is 0. The molecule has 0 aliphatic carbocycles. The SMILES string of the molecule is CC(C)CNC(=O)C(C)N1CCCNCC1. The summed E-state index contributed by atoms with van der Waals surface area (Å²) < 4.78 is 0. The molecule has 0 aromatic carbocycles. The van der Waals surface area contributed by atoms with Crippen LogP contribution < -0.4 is 10.6 Å². The molecule has 0 bridgehead atoms. The largest absolute Gasteiger partial charge is 0.354 e. The van der Waals surface area contributed by atoms with Gasteiger partial charge in [-0.25, -0.2) is 0 Å². The molecule has 4 heteroatoms. The predicted molar refractivity (Wildman–Crippen MR) is 66.4 cm³/mol. The number of hydrogen-bond donors (Lipinski definition) is 2. The van der Waals surface area contributed by atoms with Crippen molar-refractivity contribution >= 4 is 5.91 Å². The predicted octanol–water partition coefficient (Wildman–Crippen LogP) is 0.442. The lowest BCUT2D eigenvalue weighted by molar-refractivity contribution is -0.126. The van der Waals surface area contributed by atoms with Crippen LogP contribution in [0.15, 0.2) is 0 Å². The third kappa shape index (κ3) is 4.49. The zero-order valence-electron chi connectivity index (χ0n) is 10.8. The topological polar surface area (TPSA) is 44.4 Å². The minimum absolute atomic E-state index is 0.00125. The molecule has 4 nitrogen and oxygen atoms in total. The van der Waals surface area contributed by atoms with Crippen molar-refractivity contribution in [1.82, 2.24) is 15.5 Å². The van der Waals surface area contributed by atoms with Gasteiger partial charge in [-0.3, -0.25) is 9.69 Å². The Labute approximate surface area is 98.8 Å². The number of carbonyl (C=O) groups is 1. The van der Waals surface area contributed by atoms with Crippen molar-refractivity contribution in [1.29, 1.82) is 0 Å². The first kappa shape index (κ1) is 13.5. The Morgan fingerprint density at radius 2 is 2.06 bits per heavy atom. The van der Waals surface area contributed by atoms with Gasteiger partial charge in [0, 0.05) is 26.2 Å². The van der Waals surface area contributed by atoms with Crippen molar-refractivity contribution in [3.63, 3.8) is 0 Å². The fraction of sp³-hybridized carbons (Fsp3) is 0.917. The molecule has 94 valence electrons. The lowest BCUT2D eigenvalue weighted by Crippen LogP contribution is -2.47. The maximum Gasteiger partial charge on any atom is 0.237 e. The van der Waals surface area contributed by atoms with Crippen molar-refractivity contribution in [3.05, 3.63) is 0 Å². The van der Waals surface area contributed by atoms with Gasteiger partial charge in [-0.05, 0) is 25.8 Å². The van der Waals surface area contributed by atoms with E-state index in [0.29, 0.717) is 5.92 Å². The third-order valence-electron chi connectivity index (χ3n) is 2.99. The highest BCUT2D eigenvalue weighted by Gasteiger charge is 2.21. The van der Waals surface area contributed by atoms with E-state index in [2.05, 4.69) is 29.4 Å². The quantitative estimate of drug-likeness (QED) is 0.732. The molecule has 2 N–H and O–H groups in total. The minimum Gasteiger partial charge on any atom is -0.354 e. The molecule has 1 heterocycles. The van der Waals surface area contributed by atoms with Crippen LogP contribution in [0.5, 0.6) is 0 Å². The summed E-state index contributed by atoms with van der Waals surface area (Å²) in [6.45, 7) is 11.0. The van der Waals surface area contributed by atoms with Crippen molar-refractivity contribution in [2.45, 2.75) is 33.2 Å². The highest BCUT2D eigenvalue weighted by atomic mass is 16.2. The van der Waals surface area contributed by atoms with Crippen LogP contribution in [-0.2, 0) is 4.79 Å². The number of carbonyl (C=O) groups excluding carboxylic acids is 1. The highest BCUT2D eigenvalue weighted by Crippen LogP contribution is 2.03. The number of hydrogen-bond acceptors (Lipinski definition) is 3. The lowest BCUT2D eigenvalue weighted by Gasteiger charge is -2.26. The molecule has 0 saturated carbocycles. The monoisotopic (exact) mass is 227 g/mol. The zero-order valence-corrected chi connectivity index (χ0v) is 10.8. The van der Waals surface area contributed by atoms with Gasteiger partial charge in [-0.1, -0.05) is 13.8 Å². The van der Waals surface area contributed by atoms with Gasteiger partial charge in [-0.2, -0.15) is 0 Å². The summed E-state index contributed by atoms with van der Waals surface area (Å²) in [6.07, 6.45) is 1.13. The van der Waals surface area contributed by atoms with Gasteiger partial charge in [0.2, 0.25) is 5.91 Å². The molecule has 0 spiro atoms. The van der Waals surface area contributed by atoms with E-state index in [4.69, 9.17) is 0 Å². The first-order valence-electron chi connectivity index (χ1n) is 6.33. The van der Waals surface area contributed by atoms with Crippen LogP contribution in [0.4, 0.5) is 0 Å². The van der Waals surface area contributed by atoms with Crippen molar-refractivity contribution in [3.8, 4) is 0 Å². The summed E-state index contributed by atoms with van der Waals surface area (Å²) in [6, 6.07) is -0.00125. The number of nitrogens with zero attached hydrogens (tertiary/aromatic N) is 1. The third-order valence-corrected chi connectivity index (χ3v) is 2.99. The van der Waals surface area contributed by atoms with Gasteiger partial charge >= 0.3 is 0 Å². The highest BCUT2D eigenvalue weighted by molar-refractivity contribution is 5.81. The van der Waals surface area contributed by atoms with Crippen LogP contribution >= 0.6 is 0 Å². The summed E-state index contributed by atoms with van der Waals surface area (Å²) in [7, 11) is 0. The Balaban J connectivity index is 2.35. The molecule has 0 aromatic rings. The van der Waals surface area contributed by atoms with Crippen LogP contribution in [0.3, 0.4) is 0 Å². The molecule has 1 rings (SSSR count). The second kappa shape index (κ2) is 6.86. The molecular weight excluding hydrogens is 202 g/mol. The van der Waals surface area contributed by atoms with Gasteiger partial charge < -0.3 is 10.6 Å². The van der Waals surface area contributed by atoms with Crippen LogP contribution in [0.1, 0.15) is 27.2 Å². The normalized spacial score (nSPS) is 20.5. The fourth-order valence-electron chi connectivity index (χ4n) is 1.87. The van der Waals surface area contributed by atoms with Crippen molar-refractivity contribution in [2.24, 2.45) is 5.92 Å². The lowest BCUT2D eigenvalue weighted by atomic mass is 10.2. The Kier molecular flexibility index (Phi) is 5.77. The molecule has 1 saturated heterocycles. The van der Waals surface area contributed by atoms with Gasteiger partial charge in [-0.15, -0.1) is 0 Å². The van der Waals surface area contributed by atoms with E-state index in [0.717, 1.165) is 39.1 Å². The molecular formula is C12H25N3O. The standard InChI is InChI=1S/C12H25N3O/c1-10(2)9-14-12(16)11(3)15-7-4-5-13-6-8-15/h10-11,13H,4-9H2,1-3H3,(H,14,16). The van der Waals surface area contributed by atoms with E-state index in [9.17, 15) is 4.79 Å². The maximum absolute atomic E-state index is 11.9. The van der Waals surface area contributed by atoms with E-state index in [-0.39, 0.29) is 11.9 Å². The molecule has 0 radical (unpaired) electrons. The molecule has 1 amide bonds. The Morgan fingerprint density at radius 1 is 1.31 bits per heavy atom.